The summed E-state index contributed by atoms with van der Waals surface area (Å²) in [6.45, 7) is 2.87. The van der Waals surface area contributed by atoms with Crippen molar-refractivity contribution in [1.29, 1.82) is 0 Å². The Kier molecular flexibility index (Phi) is 3.37. The Bertz CT molecular complexity index is 549. The zero-order valence-electron chi connectivity index (χ0n) is 11.1. The summed E-state index contributed by atoms with van der Waals surface area (Å²) in [5.41, 5.74) is 1.13. The molecule has 2 atom stereocenters. The van der Waals surface area contributed by atoms with Gasteiger partial charge in [-0.3, -0.25) is 0 Å². The average Bonchev–Trinajstić information content (AvgIpc) is 3.27. The SMILES string of the molecule is CC1CC1NS(=O)(=O)c1ccc(CNC2CC2)cc1. The summed E-state index contributed by atoms with van der Waals surface area (Å²) in [6, 6.07) is 7.96. The third-order valence-electron chi connectivity index (χ3n) is 3.82. The molecule has 0 saturated heterocycles. The average molecular weight is 280 g/mol. The maximum absolute atomic E-state index is 12.1. The van der Waals surface area contributed by atoms with Crippen LogP contribution in [-0.4, -0.2) is 20.5 Å². The van der Waals surface area contributed by atoms with Crippen LogP contribution in [0.2, 0.25) is 0 Å². The van der Waals surface area contributed by atoms with Crippen molar-refractivity contribution in [2.45, 2.75) is 49.7 Å². The fraction of sp³-hybridized carbons (Fsp3) is 0.571. The van der Waals surface area contributed by atoms with Crippen molar-refractivity contribution in [3.63, 3.8) is 0 Å². The van der Waals surface area contributed by atoms with Gasteiger partial charge in [-0.05, 0) is 42.9 Å². The van der Waals surface area contributed by atoms with E-state index in [4.69, 9.17) is 0 Å². The lowest BCUT2D eigenvalue weighted by atomic mass is 10.2. The van der Waals surface area contributed by atoms with Crippen LogP contribution in [0.5, 0.6) is 0 Å². The lowest BCUT2D eigenvalue weighted by Gasteiger charge is -2.07. The molecule has 0 aromatic heterocycles. The van der Waals surface area contributed by atoms with E-state index in [1.807, 2.05) is 12.1 Å². The Morgan fingerprint density at radius 3 is 2.37 bits per heavy atom. The van der Waals surface area contributed by atoms with Crippen molar-refractivity contribution in [1.82, 2.24) is 10.0 Å². The standard InChI is InChI=1S/C14H20N2O2S/c1-10-8-14(10)16-19(17,18)13-6-2-11(3-7-13)9-15-12-4-5-12/h2-3,6-7,10,12,14-16H,4-5,8-9H2,1H3. The number of nitrogens with one attached hydrogen (secondary N) is 2. The van der Waals surface area contributed by atoms with Crippen molar-refractivity contribution in [3.8, 4) is 0 Å². The number of hydrogen-bond donors (Lipinski definition) is 2. The lowest BCUT2D eigenvalue weighted by Crippen LogP contribution is -2.26. The van der Waals surface area contributed by atoms with Gasteiger partial charge < -0.3 is 5.32 Å². The van der Waals surface area contributed by atoms with E-state index >= 15 is 0 Å². The van der Waals surface area contributed by atoms with Gasteiger partial charge in [0.1, 0.15) is 0 Å². The molecule has 0 heterocycles. The van der Waals surface area contributed by atoms with Gasteiger partial charge in [0.2, 0.25) is 10.0 Å². The smallest absolute Gasteiger partial charge is 0.240 e. The van der Waals surface area contributed by atoms with Crippen molar-refractivity contribution >= 4 is 10.0 Å². The third-order valence-corrected chi connectivity index (χ3v) is 5.33. The Morgan fingerprint density at radius 1 is 1.21 bits per heavy atom. The van der Waals surface area contributed by atoms with E-state index in [1.165, 1.54) is 12.8 Å². The van der Waals surface area contributed by atoms with E-state index in [-0.39, 0.29) is 6.04 Å². The molecule has 0 aliphatic heterocycles. The van der Waals surface area contributed by atoms with Gasteiger partial charge in [0, 0.05) is 18.6 Å². The lowest BCUT2D eigenvalue weighted by molar-refractivity contribution is 0.578. The van der Waals surface area contributed by atoms with E-state index in [1.54, 1.807) is 12.1 Å². The molecule has 5 heteroatoms. The van der Waals surface area contributed by atoms with Gasteiger partial charge in [-0.1, -0.05) is 19.1 Å². The number of benzene rings is 1. The highest BCUT2D eigenvalue weighted by molar-refractivity contribution is 7.89. The first kappa shape index (κ1) is 13.1. The molecule has 4 nitrogen and oxygen atoms in total. The first-order chi connectivity index (χ1) is 9.04. The minimum Gasteiger partial charge on any atom is -0.310 e. The second kappa shape index (κ2) is 4.89. The zero-order chi connectivity index (χ0) is 13.5. The molecule has 2 fully saturated rings. The second-order valence-corrected chi connectivity index (χ2v) is 7.45. The summed E-state index contributed by atoms with van der Waals surface area (Å²) in [5.74, 6) is 0.469. The Hall–Kier alpha value is -0.910. The monoisotopic (exact) mass is 280 g/mol. The summed E-state index contributed by atoms with van der Waals surface area (Å²) < 4.78 is 26.9. The van der Waals surface area contributed by atoms with Crippen LogP contribution in [0.3, 0.4) is 0 Å². The van der Waals surface area contributed by atoms with Crippen LogP contribution in [0.1, 0.15) is 31.7 Å². The van der Waals surface area contributed by atoms with Crippen molar-refractivity contribution in [3.05, 3.63) is 29.8 Å². The molecule has 2 saturated carbocycles. The highest BCUT2D eigenvalue weighted by Crippen LogP contribution is 2.30. The first-order valence-corrected chi connectivity index (χ1v) is 8.37. The molecule has 2 aliphatic carbocycles. The summed E-state index contributed by atoms with van der Waals surface area (Å²) >= 11 is 0. The summed E-state index contributed by atoms with van der Waals surface area (Å²) in [7, 11) is -3.34. The highest BCUT2D eigenvalue weighted by atomic mass is 32.2. The summed E-state index contributed by atoms with van der Waals surface area (Å²) in [6.07, 6.45) is 3.47. The van der Waals surface area contributed by atoms with Gasteiger partial charge in [0.15, 0.2) is 0 Å². The van der Waals surface area contributed by atoms with Crippen LogP contribution in [0.25, 0.3) is 0 Å². The third kappa shape index (κ3) is 3.35. The van der Waals surface area contributed by atoms with Crippen LogP contribution in [0.4, 0.5) is 0 Å². The van der Waals surface area contributed by atoms with E-state index in [0.29, 0.717) is 16.9 Å². The maximum Gasteiger partial charge on any atom is 0.240 e. The predicted octanol–water partition coefficient (Wildman–Crippen LogP) is 1.63. The van der Waals surface area contributed by atoms with Crippen molar-refractivity contribution in [2.75, 3.05) is 0 Å². The fourth-order valence-corrected chi connectivity index (χ4v) is 3.45. The largest absolute Gasteiger partial charge is 0.310 e. The van der Waals surface area contributed by atoms with Crippen molar-refractivity contribution in [2.24, 2.45) is 5.92 Å². The molecule has 104 valence electrons. The van der Waals surface area contributed by atoms with Crippen LogP contribution in [0, 0.1) is 5.92 Å². The number of rotatable bonds is 6. The molecule has 1 aromatic rings. The van der Waals surface area contributed by atoms with Crippen LogP contribution >= 0.6 is 0 Å². The molecule has 0 bridgehead atoms. The Labute approximate surface area is 114 Å². The topological polar surface area (TPSA) is 58.2 Å². The zero-order valence-corrected chi connectivity index (χ0v) is 11.9. The van der Waals surface area contributed by atoms with Gasteiger partial charge in [0.05, 0.1) is 4.90 Å². The predicted molar refractivity (Wildman–Crippen MR) is 74.2 cm³/mol. The van der Waals surface area contributed by atoms with Gasteiger partial charge in [0.25, 0.3) is 0 Å². The van der Waals surface area contributed by atoms with Crippen LogP contribution in [0.15, 0.2) is 29.2 Å². The van der Waals surface area contributed by atoms with Gasteiger partial charge in [-0.25, -0.2) is 13.1 Å². The molecule has 2 unspecified atom stereocenters. The Balaban J connectivity index is 1.63. The molecule has 0 spiro atoms. The molecule has 0 amide bonds. The van der Waals surface area contributed by atoms with Crippen molar-refractivity contribution < 1.29 is 8.42 Å². The number of sulfonamides is 1. The van der Waals surface area contributed by atoms with E-state index in [9.17, 15) is 8.42 Å². The molecule has 0 radical (unpaired) electrons. The van der Waals surface area contributed by atoms with Crippen LogP contribution < -0.4 is 10.0 Å². The minimum atomic E-state index is -3.34. The molecule has 3 rings (SSSR count). The molecule has 2 aliphatic rings. The fourth-order valence-electron chi connectivity index (χ4n) is 2.09. The molecule has 19 heavy (non-hydrogen) atoms. The first-order valence-electron chi connectivity index (χ1n) is 6.89. The molecular weight excluding hydrogens is 260 g/mol. The molecule has 1 aromatic carbocycles. The van der Waals surface area contributed by atoms with Gasteiger partial charge in [-0.2, -0.15) is 0 Å². The minimum absolute atomic E-state index is 0.126. The molecule has 2 N–H and O–H groups in total. The van der Waals surface area contributed by atoms with E-state index in [0.717, 1.165) is 18.5 Å². The Morgan fingerprint density at radius 2 is 1.84 bits per heavy atom. The second-order valence-electron chi connectivity index (χ2n) is 5.74. The van der Waals surface area contributed by atoms with Crippen LogP contribution in [-0.2, 0) is 16.6 Å². The van der Waals surface area contributed by atoms with Gasteiger partial charge >= 0.3 is 0 Å². The number of hydrogen-bond acceptors (Lipinski definition) is 3. The van der Waals surface area contributed by atoms with E-state index < -0.39 is 10.0 Å². The van der Waals surface area contributed by atoms with Gasteiger partial charge in [-0.15, -0.1) is 0 Å². The summed E-state index contributed by atoms with van der Waals surface area (Å²) in [5, 5.41) is 3.41. The normalized spacial score (nSPS) is 26.4. The maximum atomic E-state index is 12.1. The highest BCUT2D eigenvalue weighted by Gasteiger charge is 2.36. The quantitative estimate of drug-likeness (QED) is 0.832. The van der Waals surface area contributed by atoms with E-state index in [2.05, 4.69) is 17.0 Å². The molecular formula is C14H20N2O2S. The summed E-state index contributed by atoms with van der Waals surface area (Å²) in [4.78, 5) is 0.363.